The molecular weight excluding hydrogens is 385 g/mol. The molecule has 2 aliphatic rings. The third kappa shape index (κ3) is 3.60. The number of nitrogens with zero attached hydrogens (tertiary/aromatic N) is 5. The highest BCUT2D eigenvalue weighted by Gasteiger charge is 2.29. The smallest absolute Gasteiger partial charge is 0.274 e. The predicted octanol–water partition coefficient (Wildman–Crippen LogP) is 2.38. The van der Waals surface area contributed by atoms with Gasteiger partial charge in [0.25, 0.3) is 5.91 Å². The molecule has 8 heteroatoms. The lowest BCUT2D eigenvalue weighted by Gasteiger charge is -2.35. The lowest BCUT2D eigenvalue weighted by Crippen LogP contribution is -2.49. The van der Waals surface area contributed by atoms with Gasteiger partial charge in [0.2, 0.25) is 0 Å². The number of fused-ring (bicyclic) bond motifs is 1. The maximum Gasteiger partial charge on any atom is 0.274 e. The summed E-state index contributed by atoms with van der Waals surface area (Å²) in [6.45, 7) is 2.89. The minimum atomic E-state index is -0.231. The van der Waals surface area contributed by atoms with E-state index in [0.717, 1.165) is 11.4 Å². The Bertz CT molecular complexity index is 1020. The second kappa shape index (κ2) is 7.78. The Morgan fingerprint density at radius 2 is 1.93 bits per heavy atom. The van der Waals surface area contributed by atoms with Crippen molar-refractivity contribution in [2.75, 3.05) is 31.1 Å². The highest BCUT2D eigenvalue weighted by Crippen LogP contribution is 2.23. The molecule has 1 saturated heterocycles. The van der Waals surface area contributed by atoms with Gasteiger partial charge >= 0.3 is 0 Å². The average molecular weight is 407 g/mol. The van der Waals surface area contributed by atoms with Gasteiger partial charge in [-0.3, -0.25) is 14.5 Å². The molecule has 1 fully saturated rings. The third-order valence-corrected chi connectivity index (χ3v) is 5.59. The van der Waals surface area contributed by atoms with Crippen molar-refractivity contribution in [3.63, 3.8) is 0 Å². The minimum Gasteiger partial charge on any atom is -0.486 e. The van der Waals surface area contributed by atoms with Crippen LogP contribution >= 0.6 is 0 Å². The van der Waals surface area contributed by atoms with Crippen LogP contribution in [0.1, 0.15) is 16.2 Å². The summed E-state index contributed by atoms with van der Waals surface area (Å²) in [4.78, 5) is 20.7. The first kappa shape index (κ1) is 18.6. The number of hydrogen-bond acceptors (Lipinski definition) is 5. The van der Waals surface area contributed by atoms with Crippen LogP contribution in [0.25, 0.3) is 0 Å². The van der Waals surface area contributed by atoms with Crippen molar-refractivity contribution in [2.24, 2.45) is 0 Å². The van der Waals surface area contributed by atoms with Gasteiger partial charge in [-0.25, -0.2) is 4.39 Å². The van der Waals surface area contributed by atoms with Crippen molar-refractivity contribution in [1.29, 1.82) is 0 Å². The Kier molecular flexibility index (Phi) is 4.82. The first-order chi connectivity index (χ1) is 14.7. The molecule has 0 aliphatic carbocycles. The van der Waals surface area contributed by atoms with Gasteiger partial charge in [-0.2, -0.15) is 5.10 Å². The lowest BCUT2D eigenvalue weighted by atomic mass is 10.2. The molecule has 7 nitrogen and oxygen atoms in total. The van der Waals surface area contributed by atoms with Crippen LogP contribution in [0.2, 0.25) is 0 Å². The fourth-order valence-electron chi connectivity index (χ4n) is 4.08. The topological polar surface area (TPSA) is 63.5 Å². The van der Waals surface area contributed by atoms with Crippen LogP contribution in [-0.4, -0.2) is 57.9 Å². The van der Waals surface area contributed by atoms with Gasteiger partial charge in [0.15, 0.2) is 5.69 Å². The first-order valence-electron chi connectivity index (χ1n) is 10.1. The van der Waals surface area contributed by atoms with E-state index in [-0.39, 0.29) is 17.8 Å². The van der Waals surface area contributed by atoms with E-state index in [2.05, 4.69) is 10.1 Å². The van der Waals surface area contributed by atoms with Crippen molar-refractivity contribution in [3.8, 4) is 5.75 Å². The molecule has 1 aromatic carbocycles. The Labute approximate surface area is 173 Å². The van der Waals surface area contributed by atoms with Crippen LogP contribution in [0.15, 0.2) is 54.9 Å². The monoisotopic (exact) mass is 407 g/mol. The van der Waals surface area contributed by atoms with Crippen molar-refractivity contribution in [2.45, 2.75) is 19.1 Å². The largest absolute Gasteiger partial charge is 0.486 e. The number of hydrogen-bond donors (Lipinski definition) is 0. The highest BCUT2D eigenvalue weighted by molar-refractivity contribution is 5.92. The zero-order valence-electron chi connectivity index (χ0n) is 16.4. The summed E-state index contributed by atoms with van der Waals surface area (Å²) in [5.41, 5.74) is 2.05. The molecule has 2 aromatic heterocycles. The molecule has 3 aromatic rings. The summed E-state index contributed by atoms with van der Waals surface area (Å²) >= 11 is 0. The van der Waals surface area contributed by atoms with Crippen LogP contribution in [0, 0.1) is 5.82 Å². The van der Waals surface area contributed by atoms with Crippen molar-refractivity contribution >= 4 is 11.6 Å². The molecule has 5 rings (SSSR count). The number of piperazine rings is 1. The molecule has 0 N–H and O–H groups in total. The highest BCUT2D eigenvalue weighted by atomic mass is 19.1. The summed E-state index contributed by atoms with van der Waals surface area (Å²) in [7, 11) is 0. The maximum atomic E-state index is 14.0. The molecule has 0 radical (unpaired) electrons. The zero-order chi connectivity index (χ0) is 20.5. The minimum absolute atomic E-state index is 0.00911. The Morgan fingerprint density at radius 1 is 1.10 bits per heavy atom. The Balaban J connectivity index is 1.19. The summed E-state index contributed by atoms with van der Waals surface area (Å²) in [6.07, 6.45) is 4.10. The Morgan fingerprint density at radius 3 is 2.67 bits per heavy atom. The number of halogens is 1. The number of pyridine rings is 1. The van der Waals surface area contributed by atoms with E-state index in [9.17, 15) is 9.18 Å². The van der Waals surface area contributed by atoms with Crippen LogP contribution in [0.3, 0.4) is 0 Å². The quantitative estimate of drug-likeness (QED) is 0.665. The van der Waals surface area contributed by atoms with Crippen LogP contribution in [-0.2, 0) is 13.0 Å². The van der Waals surface area contributed by atoms with Gasteiger partial charge < -0.3 is 14.5 Å². The van der Waals surface area contributed by atoms with Crippen molar-refractivity contribution in [3.05, 3.63) is 72.1 Å². The van der Waals surface area contributed by atoms with E-state index in [1.807, 2.05) is 33.8 Å². The molecule has 1 atom stereocenters. The summed E-state index contributed by atoms with van der Waals surface area (Å²) in [5.74, 6) is 0.429. The molecule has 0 spiro atoms. The first-order valence-corrected chi connectivity index (χ1v) is 10.1. The van der Waals surface area contributed by atoms with E-state index in [0.29, 0.717) is 50.5 Å². The van der Waals surface area contributed by atoms with Gasteiger partial charge in [0, 0.05) is 44.5 Å². The van der Waals surface area contributed by atoms with Crippen LogP contribution in [0.4, 0.5) is 10.1 Å². The van der Waals surface area contributed by atoms with Gasteiger partial charge in [0.1, 0.15) is 17.7 Å². The van der Waals surface area contributed by atoms with Gasteiger partial charge in [0.05, 0.1) is 18.4 Å². The number of carbonyl (C=O) groups excluding carboxylic acids is 1. The second-order valence-corrected chi connectivity index (χ2v) is 7.57. The molecule has 0 saturated carbocycles. The molecule has 2 aliphatic heterocycles. The molecule has 30 heavy (non-hydrogen) atoms. The number of amides is 1. The number of anilines is 1. The fraction of sp³-hybridized carbons (Fsp3) is 0.318. The number of benzene rings is 1. The predicted molar refractivity (Wildman–Crippen MR) is 109 cm³/mol. The van der Waals surface area contributed by atoms with E-state index < -0.39 is 0 Å². The maximum absolute atomic E-state index is 14.0. The summed E-state index contributed by atoms with van der Waals surface area (Å²) in [6, 6.07) is 12.3. The fourth-order valence-corrected chi connectivity index (χ4v) is 4.08. The normalized spacial score (nSPS) is 18.4. The van der Waals surface area contributed by atoms with Gasteiger partial charge in [-0.05, 0) is 30.3 Å². The average Bonchev–Trinajstić information content (AvgIpc) is 3.33. The summed E-state index contributed by atoms with van der Waals surface area (Å²) < 4.78 is 21.8. The number of carbonyl (C=O) groups is 1. The number of ether oxygens (including phenoxy) is 1. The third-order valence-electron chi connectivity index (χ3n) is 5.59. The molecule has 4 heterocycles. The SMILES string of the molecule is O=C(c1cc2n(n1)C[C@@H](Oc1cccnc1)C2)N1CCN(c2ccccc2F)CC1. The number of aromatic nitrogens is 3. The summed E-state index contributed by atoms with van der Waals surface area (Å²) in [5, 5.41) is 4.51. The zero-order valence-corrected chi connectivity index (χ0v) is 16.4. The van der Waals surface area contributed by atoms with E-state index in [1.54, 1.807) is 29.4 Å². The van der Waals surface area contributed by atoms with Crippen LogP contribution in [0.5, 0.6) is 5.75 Å². The van der Waals surface area contributed by atoms with Gasteiger partial charge in [-0.15, -0.1) is 0 Å². The number of para-hydroxylation sites is 1. The number of rotatable bonds is 4. The lowest BCUT2D eigenvalue weighted by molar-refractivity contribution is 0.0739. The molecule has 0 bridgehead atoms. The molecular formula is C22H22FN5O2. The van der Waals surface area contributed by atoms with E-state index >= 15 is 0 Å². The standard InChI is InChI=1S/C22H22FN5O2/c23-19-5-1-2-6-21(19)26-8-10-27(11-9-26)22(29)20-13-16-12-18(15-28(16)25-20)30-17-4-3-7-24-14-17/h1-7,13-14,18H,8-12,15H2/t18-/m0/s1. The molecule has 0 unspecified atom stereocenters. The van der Waals surface area contributed by atoms with Crippen molar-refractivity contribution < 1.29 is 13.9 Å². The van der Waals surface area contributed by atoms with E-state index in [4.69, 9.17) is 4.74 Å². The molecule has 154 valence electrons. The second-order valence-electron chi connectivity index (χ2n) is 7.57. The van der Waals surface area contributed by atoms with E-state index in [1.165, 1.54) is 6.07 Å². The van der Waals surface area contributed by atoms with Crippen molar-refractivity contribution in [1.82, 2.24) is 19.7 Å². The van der Waals surface area contributed by atoms with Gasteiger partial charge in [-0.1, -0.05) is 12.1 Å². The molecule has 1 amide bonds. The Hall–Kier alpha value is -3.42. The van der Waals surface area contributed by atoms with Crippen LogP contribution < -0.4 is 9.64 Å².